The molecule has 0 aliphatic heterocycles. The number of carbonyl (C=O) groups excluding carboxylic acids is 1. The quantitative estimate of drug-likeness (QED) is 0.420. The summed E-state index contributed by atoms with van der Waals surface area (Å²) in [5.74, 6) is 0.482. The molecule has 0 saturated carbocycles. The zero-order valence-electron chi connectivity index (χ0n) is 15.0. The Labute approximate surface area is 165 Å². The predicted molar refractivity (Wildman–Crippen MR) is 112 cm³/mol. The van der Waals surface area contributed by atoms with Crippen LogP contribution in [0.1, 0.15) is 40.9 Å². The molecule has 0 bridgehead atoms. The molecule has 3 nitrogen and oxygen atoms in total. The van der Waals surface area contributed by atoms with Crippen LogP contribution in [-0.4, -0.2) is 10.8 Å². The van der Waals surface area contributed by atoms with Crippen molar-refractivity contribution >= 4 is 44.4 Å². The Kier molecular flexibility index (Phi) is 5.68. The molecule has 0 aliphatic rings. The zero-order valence-corrected chi connectivity index (χ0v) is 17.4. The highest BCUT2D eigenvalue weighted by atomic mass is 79.9. The number of benzene rings is 2. The molecule has 3 aromatic rings. The van der Waals surface area contributed by atoms with Crippen molar-refractivity contribution < 1.29 is 4.79 Å². The van der Waals surface area contributed by atoms with Gasteiger partial charge in [0.25, 0.3) is 0 Å². The van der Waals surface area contributed by atoms with Gasteiger partial charge in [-0.3, -0.25) is 9.59 Å². The van der Waals surface area contributed by atoms with E-state index in [0.29, 0.717) is 16.2 Å². The van der Waals surface area contributed by atoms with Gasteiger partial charge in [0.05, 0.1) is 21.5 Å². The third-order valence-corrected chi connectivity index (χ3v) is 6.09. The summed E-state index contributed by atoms with van der Waals surface area (Å²) in [6.45, 7) is 5.52. The summed E-state index contributed by atoms with van der Waals surface area (Å²) in [6, 6.07) is 12.1. The molecular formula is C21H20BrNO2S. The lowest BCUT2D eigenvalue weighted by Crippen LogP contribution is -2.18. The van der Waals surface area contributed by atoms with Crippen LogP contribution < -0.4 is 5.43 Å². The molecular weight excluding hydrogens is 410 g/mol. The van der Waals surface area contributed by atoms with E-state index in [2.05, 4.69) is 46.0 Å². The molecule has 1 aromatic heterocycles. The van der Waals surface area contributed by atoms with Gasteiger partial charge >= 0.3 is 0 Å². The summed E-state index contributed by atoms with van der Waals surface area (Å²) >= 11 is 5.02. The predicted octanol–water partition coefficient (Wildman–Crippen LogP) is 5.66. The third-order valence-electron chi connectivity index (χ3n) is 4.36. The van der Waals surface area contributed by atoms with E-state index >= 15 is 0 Å². The number of hydrogen-bond acceptors (Lipinski definition) is 3. The lowest BCUT2D eigenvalue weighted by atomic mass is 10.0. The molecule has 0 atom stereocenters. The standard InChI is InChI=1S/C21H20BrNO2S/c1-4-15-8-9-16(22)19-18(15)20(25)17(13(3)24)21(23-19)26-11-14-7-5-6-12(2)10-14/h5-10H,4,11H2,1-3H3,(H,23,25). The molecule has 1 heterocycles. The summed E-state index contributed by atoms with van der Waals surface area (Å²) in [6.07, 6.45) is 0.736. The van der Waals surface area contributed by atoms with Gasteiger partial charge in [-0.25, -0.2) is 0 Å². The van der Waals surface area contributed by atoms with Gasteiger partial charge in [-0.15, -0.1) is 11.8 Å². The maximum atomic E-state index is 13.1. The molecule has 3 rings (SSSR count). The maximum absolute atomic E-state index is 13.1. The molecule has 0 aliphatic carbocycles. The highest BCUT2D eigenvalue weighted by Gasteiger charge is 2.19. The zero-order chi connectivity index (χ0) is 18.8. The van der Waals surface area contributed by atoms with Crippen molar-refractivity contribution in [3.63, 3.8) is 0 Å². The monoisotopic (exact) mass is 429 g/mol. The fraction of sp³-hybridized carbons (Fsp3) is 0.238. The first-order chi connectivity index (χ1) is 12.4. The van der Waals surface area contributed by atoms with Crippen LogP contribution in [0.15, 0.2) is 50.7 Å². The molecule has 0 saturated heterocycles. The molecule has 134 valence electrons. The van der Waals surface area contributed by atoms with Crippen molar-refractivity contribution in [1.29, 1.82) is 0 Å². The van der Waals surface area contributed by atoms with Gasteiger partial charge in [0.1, 0.15) is 0 Å². The van der Waals surface area contributed by atoms with Crippen LogP contribution in [0.25, 0.3) is 10.9 Å². The smallest absolute Gasteiger partial charge is 0.201 e. The van der Waals surface area contributed by atoms with Gasteiger partial charge in [0, 0.05) is 10.2 Å². The number of rotatable bonds is 5. The van der Waals surface area contributed by atoms with E-state index < -0.39 is 0 Å². The number of aromatic amines is 1. The number of Topliss-reactive ketones (excluding diaryl/α,β-unsaturated/α-hetero) is 1. The second-order valence-corrected chi connectivity index (χ2v) is 8.14. The van der Waals surface area contributed by atoms with E-state index in [4.69, 9.17) is 0 Å². The molecule has 0 fully saturated rings. The SMILES string of the molecule is CCc1ccc(Br)c2[nH]c(SCc3cccc(C)c3)c(C(C)=O)c(=O)c12. The molecule has 0 unspecified atom stereocenters. The van der Waals surface area contributed by atoms with E-state index in [1.807, 2.05) is 25.1 Å². The minimum absolute atomic E-state index is 0.184. The maximum Gasteiger partial charge on any atom is 0.201 e. The van der Waals surface area contributed by atoms with Gasteiger partial charge in [-0.2, -0.15) is 0 Å². The number of H-pyrrole nitrogens is 1. The Bertz CT molecular complexity index is 1060. The number of halogens is 1. The van der Waals surface area contributed by atoms with Crippen molar-refractivity contribution in [2.45, 2.75) is 38.0 Å². The van der Waals surface area contributed by atoms with Crippen molar-refractivity contribution in [2.75, 3.05) is 0 Å². The van der Waals surface area contributed by atoms with Crippen LogP contribution in [0.5, 0.6) is 0 Å². The average molecular weight is 430 g/mol. The first-order valence-corrected chi connectivity index (χ1v) is 10.3. The number of aromatic nitrogens is 1. The summed E-state index contributed by atoms with van der Waals surface area (Å²) in [4.78, 5) is 28.7. The van der Waals surface area contributed by atoms with Crippen LogP contribution in [0.2, 0.25) is 0 Å². The number of pyridine rings is 1. The Balaban J connectivity index is 2.15. The van der Waals surface area contributed by atoms with Gasteiger partial charge in [-0.05, 0) is 53.4 Å². The van der Waals surface area contributed by atoms with Crippen molar-refractivity contribution in [2.24, 2.45) is 0 Å². The highest BCUT2D eigenvalue weighted by Crippen LogP contribution is 2.30. The topological polar surface area (TPSA) is 49.9 Å². The van der Waals surface area contributed by atoms with Crippen molar-refractivity contribution in [1.82, 2.24) is 4.98 Å². The molecule has 2 aromatic carbocycles. The molecule has 0 amide bonds. The Morgan fingerprint density at radius 2 is 2.00 bits per heavy atom. The van der Waals surface area contributed by atoms with E-state index in [1.54, 1.807) is 0 Å². The van der Waals surface area contributed by atoms with Gasteiger partial charge in [-0.1, -0.05) is 42.8 Å². The lowest BCUT2D eigenvalue weighted by Gasteiger charge is -2.12. The highest BCUT2D eigenvalue weighted by molar-refractivity contribution is 9.10. The molecule has 26 heavy (non-hydrogen) atoms. The van der Waals surface area contributed by atoms with Crippen LogP contribution >= 0.6 is 27.7 Å². The minimum Gasteiger partial charge on any atom is -0.348 e. The Morgan fingerprint density at radius 3 is 2.65 bits per heavy atom. The number of nitrogens with one attached hydrogen (secondary N) is 1. The van der Waals surface area contributed by atoms with Crippen molar-refractivity contribution in [3.05, 3.63) is 73.3 Å². The lowest BCUT2D eigenvalue weighted by molar-refractivity contribution is 0.101. The van der Waals surface area contributed by atoms with Crippen LogP contribution in [0.3, 0.4) is 0 Å². The molecule has 0 radical (unpaired) electrons. The minimum atomic E-state index is -0.207. The van der Waals surface area contributed by atoms with E-state index in [-0.39, 0.29) is 16.8 Å². The van der Waals surface area contributed by atoms with E-state index in [0.717, 1.165) is 27.5 Å². The number of thioether (sulfide) groups is 1. The molecule has 5 heteroatoms. The van der Waals surface area contributed by atoms with Gasteiger partial charge in [0.2, 0.25) is 5.43 Å². The number of hydrogen-bond donors (Lipinski definition) is 1. The second-order valence-electron chi connectivity index (χ2n) is 6.30. The summed E-state index contributed by atoms with van der Waals surface area (Å²) in [5, 5.41) is 1.23. The largest absolute Gasteiger partial charge is 0.348 e. The Hall–Kier alpha value is -1.85. The Morgan fingerprint density at radius 1 is 1.23 bits per heavy atom. The molecule has 1 N–H and O–H groups in total. The number of aryl methyl sites for hydroxylation is 2. The first-order valence-electron chi connectivity index (χ1n) is 8.49. The van der Waals surface area contributed by atoms with Gasteiger partial charge in [0.15, 0.2) is 5.78 Å². The van der Waals surface area contributed by atoms with E-state index in [1.165, 1.54) is 24.2 Å². The summed E-state index contributed by atoms with van der Waals surface area (Å²) in [5.41, 5.74) is 4.12. The third kappa shape index (κ3) is 3.64. The summed E-state index contributed by atoms with van der Waals surface area (Å²) in [7, 11) is 0. The number of ketones is 1. The van der Waals surface area contributed by atoms with Crippen molar-refractivity contribution in [3.8, 4) is 0 Å². The average Bonchev–Trinajstić information content (AvgIpc) is 2.60. The number of carbonyl (C=O) groups is 1. The van der Waals surface area contributed by atoms with Crippen LogP contribution in [-0.2, 0) is 12.2 Å². The second kappa shape index (κ2) is 7.80. The van der Waals surface area contributed by atoms with Gasteiger partial charge < -0.3 is 4.98 Å². The van der Waals surface area contributed by atoms with Crippen LogP contribution in [0.4, 0.5) is 0 Å². The fourth-order valence-electron chi connectivity index (χ4n) is 3.09. The number of fused-ring (bicyclic) bond motifs is 1. The summed E-state index contributed by atoms with van der Waals surface area (Å²) < 4.78 is 0.828. The van der Waals surface area contributed by atoms with Crippen LogP contribution in [0, 0.1) is 6.92 Å². The molecule has 0 spiro atoms. The fourth-order valence-corrected chi connectivity index (χ4v) is 4.56. The van der Waals surface area contributed by atoms with E-state index in [9.17, 15) is 9.59 Å². The normalized spacial score (nSPS) is 11.1. The first kappa shape index (κ1) is 18.9.